The number of benzene rings is 2. The van der Waals surface area contributed by atoms with Gasteiger partial charge in [0.05, 0.1) is 22.1 Å². The van der Waals surface area contributed by atoms with E-state index >= 15 is 0 Å². The van der Waals surface area contributed by atoms with Crippen molar-refractivity contribution in [3.05, 3.63) is 97.8 Å². The molecule has 5 rings (SSSR count). The highest BCUT2D eigenvalue weighted by molar-refractivity contribution is 5.73. The van der Waals surface area contributed by atoms with Crippen LogP contribution in [0.4, 0.5) is 0 Å². The molecule has 0 saturated heterocycles. The Morgan fingerprint density at radius 1 is 0.440 bits per heavy atom. The van der Waals surface area contributed by atoms with Gasteiger partial charge in [-0.2, -0.15) is 0 Å². The van der Waals surface area contributed by atoms with Gasteiger partial charge in [-0.3, -0.25) is 19.9 Å². The molecule has 5 heteroatoms. The van der Waals surface area contributed by atoms with Crippen molar-refractivity contribution in [2.45, 2.75) is 0 Å². The van der Waals surface area contributed by atoms with Crippen molar-refractivity contribution in [2.24, 2.45) is 0 Å². The van der Waals surface area contributed by atoms with Gasteiger partial charge in [-0.1, -0.05) is 24.3 Å². The zero-order valence-electron chi connectivity index (χ0n) is 13.5. The van der Waals surface area contributed by atoms with E-state index in [4.69, 9.17) is 0 Å². The summed E-state index contributed by atoms with van der Waals surface area (Å²) in [6.07, 6.45) is 10.5. The summed E-state index contributed by atoms with van der Waals surface area (Å²) in [7, 11) is 0. The summed E-state index contributed by atoms with van der Waals surface area (Å²) < 4.78 is 0. The first-order chi connectivity index (χ1) is 12.4. The van der Waals surface area contributed by atoms with E-state index in [1.54, 1.807) is 24.8 Å². The van der Waals surface area contributed by atoms with Crippen LogP contribution in [0.5, 0.6) is 0 Å². The molecule has 0 aliphatic heterocycles. The van der Waals surface area contributed by atoms with Crippen LogP contribution in [0.2, 0.25) is 0 Å². The molecule has 1 N–H and O–H groups in total. The van der Waals surface area contributed by atoms with Crippen molar-refractivity contribution in [1.29, 1.82) is 0 Å². The van der Waals surface area contributed by atoms with E-state index in [2.05, 4.69) is 24.9 Å². The molecule has 5 nitrogen and oxygen atoms in total. The van der Waals surface area contributed by atoms with Crippen LogP contribution in [-0.2, 0) is 0 Å². The van der Waals surface area contributed by atoms with Crippen molar-refractivity contribution >= 4 is 22.1 Å². The number of para-hydroxylation sites is 4. The molecule has 0 atom stereocenters. The van der Waals surface area contributed by atoms with E-state index in [1.807, 2.05) is 73.1 Å². The summed E-state index contributed by atoms with van der Waals surface area (Å²) in [5.41, 5.74) is 3.80. The Labute approximate surface area is 145 Å². The molecule has 0 unspecified atom stereocenters. The van der Waals surface area contributed by atoms with Gasteiger partial charge < -0.3 is 4.98 Å². The number of nitrogens with zero attached hydrogens (tertiary/aromatic N) is 4. The maximum atomic E-state index is 4.12. The summed E-state index contributed by atoms with van der Waals surface area (Å²) in [6.45, 7) is 0. The molecular weight excluding hydrogens is 310 g/mol. The van der Waals surface area contributed by atoms with Gasteiger partial charge in [0.1, 0.15) is 0 Å². The summed E-state index contributed by atoms with van der Waals surface area (Å²) in [5, 5.41) is 0. The van der Waals surface area contributed by atoms with E-state index in [1.165, 1.54) is 0 Å². The third kappa shape index (κ3) is 4.94. The van der Waals surface area contributed by atoms with Crippen molar-refractivity contribution in [1.82, 2.24) is 24.9 Å². The van der Waals surface area contributed by atoms with Crippen LogP contribution in [0.15, 0.2) is 97.8 Å². The number of hydrogen-bond donors (Lipinski definition) is 1. The number of hydrogen-bond acceptors (Lipinski definition) is 4. The van der Waals surface area contributed by atoms with Crippen molar-refractivity contribution in [3.63, 3.8) is 0 Å². The Morgan fingerprint density at radius 3 is 1.00 bits per heavy atom. The van der Waals surface area contributed by atoms with Crippen LogP contribution in [0.25, 0.3) is 22.1 Å². The normalized spacial score (nSPS) is 9.60. The van der Waals surface area contributed by atoms with Crippen LogP contribution in [0.1, 0.15) is 0 Å². The zero-order chi connectivity index (χ0) is 17.2. The fraction of sp³-hybridized carbons (Fsp3) is 0. The number of nitrogens with one attached hydrogen (secondary N) is 1. The molecule has 0 amide bonds. The van der Waals surface area contributed by atoms with Gasteiger partial charge in [-0.15, -0.1) is 0 Å². The van der Waals surface area contributed by atoms with Crippen LogP contribution < -0.4 is 0 Å². The van der Waals surface area contributed by atoms with Gasteiger partial charge >= 0.3 is 0 Å². The Bertz CT molecular complexity index is 793. The highest BCUT2D eigenvalue weighted by Gasteiger charge is 1.89. The molecule has 3 heterocycles. The summed E-state index contributed by atoms with van der Waals surface area (Å²) in [5.74, 6) is 0. The molecule has 25 heavy (non-hydrogen) atoms. The number of H-pyrrole nitrogens is 1. The van der Waals surface area contributed by atoms with Crippen LogP contribution >= 0.6 is 0 Å². The second-order valence-electron chi connectivity index (χ2n) is 4.98. The minimum atomic E-state index is 0.949. The smallest absolute Gasteiger partial charge is 0.0886 e. The van der Waals surface area contributed by atoms with Gasteiger partial charge in [0.15, 0.2) is 0 Å². The van der Waals surface area contributed by atoms with Gasteiger partial charge in [0, 0.05) is 37.2 Å². The molecule has 3 aromatic heterocycles. The van der Waals surface area contributed by atoms with Gasteiger partial charge in [0.2, 0.25) is 0 Å². The molecule has 2 aromatic carbocycles. The molecule has 122 valence electrons. The Kier molecular flexibility index (Phi) is 5.78. The third-order valence-corrected chi connectivity index (χ3v) is 3.25. The van der Waals surface area contributed by atoms with Crippen molar-refractivity contribution in [2.75, 3.05) is 0 Å². The van der Waals surface area contributed by atoms with Gasteiger partial charge in [0.25, 0.3) is 0 Å². The fourth-order valence-electron chi connectivity index (χ4n) is 2.10. The maximum absolute atomic E-state index is 4.12. The highest BCUT2D eigenvalue weighted by Crippen LogP contribution is 2.05. The topological polar surface area (TPSA) is 67.3 Å². The van der Waals surface area contributed by atoms with Crippen LogP contribution in [0, 0.1) is 0 Å². The molecule has 0 radical (unpaired) electrons. The van der Waals surface area contributed by atoms with Crippen molar-refractivity contribution in [3.8, 4) is 0 Å². The number of rotatable bonds is 0. The number of aromatic nitrogens is 5. The lowest BCUT2D eigenvalue weighted by molar-refractivity contribution is 1.29. The Balaban J connectivity index is 0.000000116. The molecule has 5 aromatic rings. The molecule has 0 aliphatic carbocycles. The Hall–Kier alpha value is -3.60. The summed E-state index contributed by atoms with van der Waals surface area (Å²) in [4.78, 5) is 19.3. The SMILES string of the molecule is c1cc[nH]c1.c1ccc2nccnc2c1.c1ccc2nccnc2c1. The lowest BCUT2D eigenvalue weighted by Crippen LogP contribution is -1.78. The highest BCUT2D eigenvalue weighted by atomic mass is 14.8. The second-order valence-corrected chi connectivity index (χ2v) is 4.98. The van der Waals surface area contributed by atoms with Crippen LogP contribution in [-0.4, -0.2) is 24.9 Å². The quantitative estimate of drug-likeness (QED) is 0.461. The van der Waals surface area contributed by atoms with E-state index in [-0.39, 0.29) is 0 Å². The average molecular weight is 327 g/mol. The maximum Gasteiger partial charge on any atom is 0.0886 e. The van der Waals surface area contributed by atoms with E-state index in [0.717, 1.165) is 22.1 Å². The lowest BCUT2D eigenvalue weighted by atomic mass is 10.3. The second kappa shape index (κ2) is 8.88. The molecule has 0 aliphatic rings. The zero-order valence-corrected chi connectivity index (χ0v) is 13.5. The van der Waals surface area contributed by atoms with Crippen LogP contribution in [0.3, 0.4) is 0 Å². The summed E-state index contributed by atoms with van der Waals surface area (Å²) in [6, 6.07) is 19.5. The lowest BCUT2D eigenvalue weighted by Gasteiger charge is -1.90. The van der Waals surface area contributed by atoms with Crippen molar-refractivity contribution < 1.29 is 0 Å². The summed E-state index contributed by atoms with van der Waals surface area (Å²) >= 11 is 0. The molecule has 0 saturated carbocycles. The predicted molar refractivity (Wildman–Crippen MR) is 99.9 cm³/mol. The molecule has 0 spiro atoms. The van der Waals surface area contributed by atoms with Gasteiger partial charge in [-0.05, 0) is 36.4 Å². The van der Waals surface area contributed by atoms with E-state index in [9.17, 15) is 0 Å². The first kappa shape index (κ1) is 16.3. The monoisotopic (exact) mass is 327 g/mol. The first-order valence-corrected chi connectivity index (χ1v) is 7.83. The average Bonchev–Trinajstić information content (AvgIpc) is 3.29. The largest absolute Gasteiger partial charge is 0.368 e. The first-order valence-electron chi connectivity index (χ1n) is 7.83. The predicted octanol–water partition coefficient (Wildman–Crippen LogP) is 4.27. The molecular formula is C20H17N5. The molecule has 0 bridgehead atoms. The molecule has 0 fully saturated rings. The van der Waals surface area contributed by atoms with Gasteiger partial charge in [-0.25, -0.2) is 0 Å². The Morgan fingerprint density at radius 2 is 0.760 bits per heavy atom. The number of aromatic amines is 1. The van der Waals surface area contributed by atoms with E-state index in [0.29, 0.717) is 0 Å². The minimum Gasteiger partial charge on any atom is -0.368 e. The number of fused-ring (bicyclic) bond motifs is 2. The van der Waals surface area contributed by atoms with E-state index < -0.39 is 0 Å². The standard InChI is InChI=1S/2C8H6N2.C4H5N/c2*1-2-4-8-7(3-1)9-5-6-10-8;1-2-4-5-3-1/h2*1-6H;1-5H. The minimum absolute atomic E-state index is 0.949. The third-order valence-electron chi connectivity index (χ3n) is 3.25. The fourth-order valence-corrected chi connectivity index (χ4v) is 2.10.